The third-order valence-corrected chi connectivity index (χ3v) is 3.90. The maximum absolute atomic E-state index is 12.0. The molecule has 1 amide bonds. The third kappa shape index (κ3) is 3.72. The molecule has 0 fully saturated rings. The van der Waals surface area contributed by atoms with Crippen molar-refractivity contribution in [3.63, 3.8) is 0 Å². The SMILES string of the molecule is COc1ccc2[nH]cc(CCNC(=O)Cc3ccccc3)c2c1. The van der Waals surface area contributed by atoms with E-state index in [9.17, 15) is 4.79 Å². The van der Waals surface area contributed by atoms with Crippen LogP contribution in [0.3, 0.4) is 0 Å². The van der Waals surface area contributed by atoms with E-state index >= 15 is 0 Å². The normalized spacial score (nSPS) is 10.7. The van der Waals surface area contributed by atoms with Crippen LogP contribution in [0.25, 0.3) is 10.9 Å². The number of fused-ring (bicyclic) bond motifs is 1. The van der Waals surface area contributed by atoms with Gasteiger partial charge in [0.1, 0.15) is 5.75 Å². The molecule has 0 spiro atoms. The van der Waals surface area contributed by atoms with E-state index in [1.54, 1.807) is 7.11 Å². The minimum absolute atomic E-state index is 0.0496. The number of carbonyl (C=O) groups is 1. The Hall–Kier alpha value is -2.75. The lowest BCUT2D eigenvalue weighted by Gasteiger charge is -2.05. The summed E-state index contributed by atoms with van der Waals surface area (Å²) in [6.07, 6.45) is 3.20. The van der Waals surface area contributed by atoms with E-state index in [0.29, 0.717) is 13.0 Å². The number of carbonyl (C=O) groups excluding carboxylic acids is 1. The van der Waals surface area contributed by atoms with Crippen molar-refractivity contribution in [2.45, 2.75) is 12.8 Å². The number of hydrogen-bond donors (Lipinski definition) is 2. The Morgan fingerprint density at radius 1 is 1.17 bits per heavy atom. The highest BCUT2D eigenvalue weighted by molar-refractivity contribution is 5.84. The fraction of sp³-hybridized carbons (Fsp3) is 0.211. The number of nitrogens with one attached hydrogen (secondary N) is 2. The Labute approximate surface area is 135 Å². The molecule has 3 aromatic rings. The summed E-state index contributed by atoms with van der Waals surface area (Å²) in [6.45, 7) is 0.621. The lowest BCUT2D eigenvalue weighted by Crippen LogP contribution is -2.27. The second kappa shape index (κ2) is 7.01. The average Bonchev–Trinajstić information content (AvgIpc) is 2.98. The first kappa shape index (κ1) is 15.2. The first-order valence-electron chi connectivity index (χ1n) is 7.71. The fourth-order valence-electron chi connectivity index (χ4n) is 2.67. The quantitative estimate of drug-likeness (QED) is 0.735. The molecule has 1 heterocycles. The summed E-state index contributed by atoms with van der Waals surface area (Å²) >= 11 is 0. The molecule has 0 saturated heterocycles. The third-order valence-electron chi connectivity index (χ3n) is 3.90. The van der Waals surface area contributed by atoms with Gasteiger partial charge in [0.05, 0.1) is 13.5 Å². The van der Waals surface area contributed by atoms with E-state index in [1.807, 2.05) is 54.7 Å². The Bertz CT molecular complexity index is 793. The molecule has 4 heteroatoms. The van der Waals surface area contributed by atoms with Gasteiger partial charge >= 0.3 is 0 Å². The molecule has 0 atom stereocenters. The lowest BCUT2D eigenvalue weighted by molar-refractivity contribution is -0.120. The molecule has 0 bridgehead atoms. The number of ether oxygens (including phenoxy) is 1. The van der Waals surface area contributed by atoms with Gasteiger partial charge in [0, 0.05) is 23.6 Å². The van der Waals surface area contributed by atoms with E-state index in [2.05, 4.69) is 10.3 Å². The molecule has 0 radical (unpaired) electrons. The Morgan fingerprint density at radius 3 is 2.78 bits per heavy atom. The van der Waals surface area contributed by atoms with Gasteiger partial charge in [-0.25, -0.2) is 0 Å². The number of benzene rings is 2. The molecule has 0 saturated carbocycles. The zero-order valence-electron chi connectivity index (χ0n) is 13.1. The molecule has 23 heavy (non-hydrogen) atoms. The van der Waals surface area contributed by atoms with Gasteiger partial charge in [-0.3, -0.25) is 4.79 Å². The lowest BCUT2D eigenvalue weighted by atomic mass is 10.1. The zero-order chi connectivity index (χ0) is 16.1. The number of H-pyrrole nitrogens is 1. The van der Waals surface area contributed by atoms with Crippen LogP contribution < -0.4 is 10.1 Å². The molecular weight excluding hydrogens is 288 g/mol. The molecule has 2 N–H and O–H groups in total. The largest absolute Gasteiger partial charge is 0.497 e. The summed E-state index contributed by atoms with van der Waals surface area (Å²) in [5.41, 5.74) is 3.29. The van der Waals surface area contributed by atoms with Crippen LogP contribution in [-0.4, -0.2) is 24.5 Å². The summed E-state index contributed by atoms with van der Waals surface area (Å²) in [4.78, 5) is 15.2. The van der Waals surface area contributed by atoms with Crippen LogP contribution in [0.15, 0.2) is 54.7 Å². The molecule has 0 unspecified atom stereocenters. The minimum atomic E-state index is 0.0496. The number of amides is 1. The number of hydrogen-bond acceptors (Lipinski definition) is 2. The zero-order valence-corrected chi connectivity index (χ0v) is 13.1. The van der Waals surface area contributed by atoms with Crippen molar-refractivity contribution in [1.82, 2.24) is 10.3 Å². The number of rotatable bonds is 6. The molecule has 4 nitrogen and oxygen atoms in total. The highest BCUT2D eigenvalue weighted by Crippen LogP contribution is 2.23. The predicted molar refractivity (Wildman–Crippen MR) is 91.7 cm³/mol. The molecule has 0 aliphatic rings. The Balaban J connectivity index is 1.57. The van der Waals surface area contributed by atoms with E-state index in [1.165, 1.54) is 5.56 Å². The standard InChI is InChI=1S/C19H20N2O2/c1-23-16-7-8-18-17(12-16)15(13-21-18)9-10-20-19(22)11-14-5-3-2-4-6-14/h2-8,12-13,21H,9-11H2,1H3,(H,20,22). The molecule has 0 aliphatic heterocycles. The van der Waals surface area contributed by atoms with Crippen molar-refractivity contribution in [2.24, 2.45) is 0 Å². The van der Waals surface area contributed by atoms with Gasteiger partial charge in [-0.15, -0.1) is 0 Å². The van der Waals surface area contributed by atoms with Gasteiger partial charge < -0.3 is 15.0 Å². The van der Waals surface area contributed by atoms with Gasteiger partial charge in [0.25, 0.3) is 0 Å². The van der Waals surface area contributed by atoms with E-state index < -0.39 is 0 Å². The summed E-state index contributed by atoms with van der Waals surface area (Å²) in [7, 11) is 1.66. The van der Waals surface area contributed by atoms with Gasteiger partial charge in [-0.1, -0.05) is 30.3 Å². The van der Waals surface area contributed by atoms with Crippen LogP contribution in [0.2, 0.25) is 0 Å². The Kier molecular flexibility index (Phi) is 4.62. The number of aromatic nitrogens is 1. The van der Waals surface area contributed by atoms with Gasteiger partial charge in [-0.2, -0.15) is 0 Å². The van der Waals surface area contributed by atoms with Crippen LogP contribution in [0.5, 0.6) is 5.75 Å². The van der Waals surface area contributed by atoms with Crippen LogP contribution in [-0.2, 0) is 17.6 Å². The van der Waals surface area contributed by atoms with E-state index in [4.69, 9.17) is 4.74 Å². The maximum atomic E-state index is 12.0. The van der Waals surface area contributed by atoms with Crippen molar-refractivity contribution in [3.05, 3.63) is 65.9 Å². The van der Waals surface area contributed by atoms with Crippen molar-refractivity contribution < 1.29 is 9.53 Å². The maximum Gasteiger partial charge on any atom is 0.224 e. The molecule has 118 valence electrons. The van der Waals surface area contributed by atoms with Crippen molar-refractivity contribution in [3.8, 4) is 5.75 Å². The van der Waals surface area contributed by atoms with Crippen LogP contribution in [0, 0.1) is 0 Å². The van der Waals surface area contributed by atoms with Gasteiger partial charge in [-0.05, 0) is 35.7 Å². The highest BCUT2D eigenvalue weighted by atomic mass is 16.5. The summed E-state index contributed by atoms with van der Waals surface area (Å²) < 4.78 is 5.27. The first-order chi connectivity index (χ1) is 11.3. The minimum Gasteiger partial charge on any atom is -0.497 e. The molecule has 1 aromatic heterocycles. The van der Waals surface area contributed by atoms with Crippen LogP contribution >= 0.6 is 0 Å². The van der Waals surface area contributed by atoms with Crippen LogP contribution in [0.1, 0.15) is 11.1 Å². The highest BCUT2D eigenvalue weighted by Gasteiger charge is 2.07. The second-order valence-corrected chi connectivity index (χ2v) is 5.49. The Morgan fingerprint density at radius 2 is 2.00 bits per heavy atom. The summed E-state index contributed by atoms with van der Waals surface area (Å²) in [5.74, 6) is 0.889. The van der Waals surface area contributed by atoms with Gasteiger partial charge in [0.2, 0.25) is 5.91 Å². The second-order valence-electron chi connectivity index (χ2n) is 5.49. The van der Waals surface area contributed by atoms with Gasteiger partial charge in [0.15, 0.2) is 0 Å². The predicted octanol–water partition coefficient (Wildman–Crippen LogP) is 3.08. The van der Waals surface area contributed by atoms with Crippen molar-refractivity contribution >= 4 is 16.8 Å². The first-order valence-corrected chi connectivity index (χ1v) is 7.71. The van der Waals surface area contributed by atoms with Crippen molar-refractivity contribution in [2.75, 3.05) is 13.7 Å². The topological polar surface area (TPSA) is 54.1 Å². The van der Waals surface area contributed by atoms with Crippen molar-refractivity contribution in [1.29, 1.82) is 0 Å². The number of methoxy groups -OCH3 is 1. The van der Waals surface area contributed by atoms with Crippen LogP contribution in [0.4, 0.5) is 0 Å². The molecule has 3 rings (SSSR count). The smallest absolute Gasteiger partial charge is 0.224 e. The molecule has 0 aliphatic carbocycles. The molecular formula is C19H20N2O2. The summed E-state index contributed by atoms with van der Waals surface area (Å²) in [5, 5.41) is 4.12. The monoisotopic (exact) mass is 308 g/mol. The van der Waals surface area contributed by atoms with E-state index in [-0.39, 0.29) is 5.91 Å². The van der Waals surface area contributed by atoms with E-state index in [0.717, 1.165) is 28.6 Å². The number of aromatic amines is 1. The summed E-state index contributed by atoms with van der Waals surface area (Å²) in [6, 6.07) is 15.7. The molecule has 2 aromatic carbocycles. The fourth-order valence-corrected chi connectivity index (χ4v) is 2.67. The average molecular weight is 308 g/mol.